The molecule has 0 aromatic heterocycles. The van der Waals surface area contributed by atoms with Gasteiger partial charge in [0.25, 0.3) is 0 Å². The van der Waals surface area contributed by atoms with Gasteiger partial charge in [-0.3, -0.25) is 9.59 Å². The third-order valence-electron chi connectivity index (χ3n) is 2.03. The predicted octanol–water partition coefficient (Wildman–Crippen LogP) is 2.22. The lowest BCUT2D eigenvalue weighted by Gasteiger charge is -2.21. The van der Waals surface area contributed by atoms with Gasteiger partial charge in [-0.1, -0.05) is 13.8 Å². The Labute approximate surface area is 104 Å². The maximum absolute atomic E-state index is 11.7. The number of hydrogen-bond acceptors (Lipinski definition) is 3. The summed E-state index contributed by atoms with van der Waals surface area (Å²) in [7, 11) is 1.76. The molecule has 0 aliphatic rings. The number of amides is 1. The highest BCUT2D eigenvalue weighted by atomic mass is 16.6. The van der Waals surface area contributed by atoms with Crippen molar-refractivity contribution >= 4 is 11.9 Å². The lowest BCUT2D eigenvalue weighted by Crippen LogP contribution is -2.31. The Morgan fingerprint density at radius 1 is 1.18 bits per heavy atom. The molecule has 0 aliphatic carbocycles. The molecule has 100 valence electrons. The van der Waals surface area contributed by atoms with E-state index in [0.717, 1.165) is 0 Å². The van der Waals surface area contributed by atoms with Crippen LogP contribution in [0, 0.1) is 5.92 Å². The monoisotopic (exact) mass is 243 g/mol. The first kappa shape index (κ1) is 15.9. The molecule has 0 atom stereocenters. The molecule has 0 unspecified atom stereocenters. The Morgan fingerprint density at radius 2 is 1.71 bits per heavy atom. The van der Waals surface area contributed by atoms with Crippen molar-refractivity contribution in [3.8, 4) is 0 Å². The third-order valence-corrected chi connectivity index (χ3v) is 2.03. The Hall–Kier alpha value is -1.06. The Morgan fingerprint density at radius 3 is 2.12 bits per heavy atom. The van der Waals surface area contributed by atoms with Gasteiger partial charge >= 0.3 is 5.97 Å². The van der Waals surface area contributed by atoms with Gasteiger partial charge in [0.2, 0.25) is 5.91 Å². The molecule has 0 rings (SSSR count). The van der Waals surface area contributed by atoms with E-state index in [0.29, 0.717) is 12.5 Å². The van der Waals surface area contributed by atoms with Crippen LogP contribution in [-0.2, 0) is 14.3 Å². The standard InChI is InChI=1S/C13H25NO3/c1-10(2)9-14(6)11(15)7-8-12(16)17-13(3,4)5/h10H,7-9H2,1-6H3. The van der Waals surface area contributed by atoms with E-state index in [4.69, 9.17) is 4.74 Å². The average molecular weight is 243 g/mol. The second-order valence-electron chi connectivity index (χ2n) is 5.75. The van der Waals surface area contributed by atoms with Gasteiger partial charge in [0, 0.05) is 20.0 Å². The zero-order chi connectivity index (χ0) is 13.6. The molecule has 17 heavy (non-hydrogen) atoms. The maximum atomic E-state index is 11.7. The minimum absolute atomic E-state index is 0.00967. The van der Waals surface area contributed by atoms with Crippen LogP contribution in [0.3, 0.4) is 0 Å². The topological polar surface area (TPSA) is 46.6 Å². The fourth-order valence-electron chi connectivity index (χ4n) is 1.44. The normalized spacial score (nSPS) is 11.5. The molecule has 0 aliphatic heterocycles. The summed E-state index contributed by atoms with van der Waals surface area (Å²) in [5.41, 5.74) is -0.482. The van der Waals surface area contributed by atoms with Crippen LogP contribution in [0.2, 0.25) is 0 Å². The Bertz CT molecular complexity index is 266. The van der Waals surface area contributed by atoms with Crippen LogP contribution < -0.4 is 0 Å². The van der Waals surface area contributed by atoms with Gasteiger partial charge in [0.05, 0.1) is 6.42 Å². The first-order valence-corrected chi connectivity index (χ1v) is 6.07. The molecule has 0 spiro atoms. The van der Waals surface area contributed by atoms with Crippen LogP contribution >= 0.6 is 0 Å². The number of nitrogens with zero attached hydrogens (tertiary/aromatic N) is 1. The molecule has 1 amide bonds. The maximum Gasteiger partial charge on any atom is 0.306 e. The van der Waals surface area contributed by atoms with Gasteiger partial charge in [0.15, 0.2) is 0 Å². The van der Waals surface area contributed by atoms with E-state index in [-0.39, 0.29) is 24.7 Å². The van der Waals surface area contributed by atoms with E-state index >= 15 is 0 Å². The first-order chi connectivity index (χ1) is 7.61. The van der Waals surface area contributed by atoms with Crippen molar-refractivity contribution < 1.29 is 14.3 Å². The van der Waals surface area contributed by atoms with Crippen molar-refractivity contribution in [2.45, 2.75) is 53.1 Å². The minimum Gasteiger partial charge on any atom is -0.460 e. The van der Waals surface area contributed by atoms with E-state index < -0.39 is 5.60 Å². The molecule has 0 saturated heterocycles. The van der Waals surface area contributed by atoms with Gasteiger partial charge in [-0.05, 0) is 26.7 Å². The summed E-state index contributed by atoms with van der Waals surface area (Å²) < 4.78 is 5.14. The van der Waals surface area contributed by atoms with Crippen molar-refractivity contribution in [2.24, 2.45) is 5.92 Å². The van der Waals surface area contributed by atoms with Gasteiger partial charge in [-0.15, -0.1) is 0 Å². The van der Waals surface area contributed by atoms with Gasteiger partial charge in [0.1, 0.15) is 5.60 Å². The predicted molar refractivity (Wildman–Crippen MR) is 67.6 cm³/mol. The van der Waals surface area contributed by atoms with Crippen LogP contribution in [-0.4, -0.2) is 36.0 Å². The number of carbonyl (C=O) groups excluding carboxylic acids is 2. The SMILES string of the molecule is CC(C)CN(C)C(=O)CCC(=O)OC(C)(C)C. The van der Waals surface area contributed by atoms with Crippen LogP contribution in [0.25, 0.3) is 0 Å². The highest BCUT2D eigenvalue weighted by molar-refractivity contribution is 5.81. The van der Waals surface area contributed by atoms with Crippen LogP contribution in [0.5, 0.6) is 0 Å². The van der Waals surface area contributed by atoms with Crippen LogP contribution in [0.4, 0.5) is 0 Å². The highest BCUT2D eigenvalue weighted by Crippen LogP contribution is 2.09. The molecule has 0 radical (unpaired) electrons. The molecule has 4 heteroatoms. The largest absolute Gasteiger partial charge is 0.460 e. The van der Waals surface area contributed by atoms with Crippen molar-refractivity contribution in [1.82, 2.24) is 4.90 Å². The van der Waals surface area contributed by atoms with E-state index in [1.54, 1.807) is 11.9 Å². The summed E-state index contributed by atoms with van der Waals surface area (Å²) in [5, 5.41) is 0. The summed E-state index contributed by atoms with van der Waals surface area (Å²) in [6.07, 6.45) is 0.372. The minimum atomic E-state index is -0.482. The van der Waals surface area contributed by atoms with Gasteiger partial charge < -0.3 is 9.64 Å². The first-order valence-electron chi connectivity index (χ1n) is 6.07. The molecule has 0 aromatic rings. The average Bonchev–Trinajstić information content (AvgIpc) is 2.10. The van der Waals surface area contributed by atoms with E-state index in [2.05, 4.69) is 13.8 Å². The summed E-state index contributed by atoms with van der Waals surface area (Å²) in [6.45, 7) is 10.3. The summed E-state index contributed by atoms with van der Waals surface area (Å²) in [4.78, 5) is 24.7. The fourth-order valence-corrected chi connectivity index (χ4v) is 1.44. The second-order valence-corrected chi connectivity index (χ2v) is 5.75. The molecule has 0 fully saturated rings. The number of rotatable bonds is 5. The molecular formula is C13H25NO3. The molecule has 0 bridgehead atoms. The number of carbonyl (C=O) groups is 2. The third kappa shape index (κ3) is 8.72. The van der Waals surface area contributed by atoms with Crippen molar-refractivity contribution in [2.75, 3.05) is 13.6 Å². The van der Waals surface area contributed by atoms with E-state index in [1.807, 2.05) is 20.8 Å². The second kappa shape index (κ2) is 6.62. The molecule has 0 N–H and O–H groups in total. The zero-order valence-corrected chi connectivity index (χ0v) is 11.9. The van der Waals surface area contributed by atoms with Crippen molar-refractivity contribution in [3.05, 3.63) is 0 Å². The van der Waals surface area contributed by atoms with Gasteiger partial charge in [-0.2, -0.15) is 0 Å². The number of ether oxygens (including phenoxy) is 1. The molecule has 0 saturated carbocycles. The summed E-state index contributed by atoms with van der Waals surface area (Å²) in [5.74, 6) is 0.110. The lowest BCUT2D eigenvalue weighted by molar-refractivity contribution is -0.156. The number of hydrogen-bond donors (Lipinski definition) is 0. The van der Waals surface area contributed by atoms with E-state index in [1.165, 1.54) is 0 Å². The molecule has 0 aromatic carbocycles. The Kier molecular flexibility index (Phi) is 6.21. The zero-order valence-electron chi connectivity index (χ0n) is 11.9. The van der Waals surface area contributed by atoms with Crippen molar-refractivity contribution in [1.29, 1.82) is 0 Å². The van der Waals surface area contributed by atoms with Crippen molar-refractivity contribution in [3.63, 3.8) is 0 Å². The van der Waals surface area contributed by atoms with Crippen LogP contribution in [0.15, 0.2) is 0 Å². The summed E-state index contributed by atoms with van der Waals surface area (Å²) >= 11 is 0. The summed E-state index contributed by atoms with van der Waals surface area (Å²) in [6, 6.07) is 0. The lowest BCUT2D eigenvalue weighted by atomic mass is 10.2. The number of esters is 1. The smallest absolute Gasteiger partial charge is 0.306 e. The molecule has 0 heterocycles. The van der Waals surface area contributed by atoms with Gasteiger partial charge in [-0.25, -0.2) is 0 Å². The fraction of sp³-hybridized carbons (Fsp3) is 0.846. The molecule has 4 nitrogen and oxygen atoms in total. The van der Waals surface area contributed by atoms with Crippen LogP contribution in [0.1, 0.15) is 47.5 Å². The highest BCUT2D eigenvalue weighted by Gasteiger charge is 2.18. The quantitative estimate of drug-likeness (QED) is 0.696. The van der Waals surface area contributed by atoms with E-state index in [9.17, 15) is 9.59 Å². The molecular weight excluding hydrogens is 218 g/mol. The Balaban J connectivity index is 3.96.